The summed E-state index contributed by atoms with van der Waals surface area (Å²) in [7, 11) is -3.84. The van der Waals surface area contributed by atoms with E-state index < -0.39 is 15.4 Å². The van der Waals surface area contributed by atoms with Crippen LogP contribution >= 0.6 is 0 Å². The minimum absolute atomic E-state index is 0.0507. The minimum Gasteiger partial charge on any atom is -0.381 e. The van der Waals surface area contributed by atoms with Gasteiger partial charge in [-0.25, -0.2) is 17.5 Å². The lowest BCUT2D eigenvalue weighted by atomic mass is 9.74. The van der Waals surface area contributed by atoms with Crippen LogP contribution in [0.3, 0.4) is 0 Å². The quantitative estimate of drug-likeness (QED) is 0.779. The molecule has 0 aliphatic carbocycles. The second-order valence-electron chi connectivity index (χ2n) is 7.55. The molecular formula is C21H23FN2O4S. The maximum atomic E-state index is 13.8. The smallest absolute Gasteiger partial charge is 0.251 e. The first kappa shape index (κ1) is 20.0. The highest BCUT2D eigenvalue weighted by Crippen LogP contribution is 2.35. The van der Waals surface area contributed by atoms with Gasteiger partial charge in [-0.15, -0.1) is 0 Å². The zero-order valence-corrected chi connectivity index (χ0v) is 16.7. The molecule has 1 fully saturated rings. The molecule has 4 rings (SSSR count). The molecule has 0 radical (unpaired) electrons. The van der Waals surface area contributed by atoms with Gasteiger partial charge in [0.2, 0.25) is 10.0 Å². The van der Waals surface area contributed by atoms with E-state index in [1.807, 2.05) is 6.07 Å². The Morgan fingerprint density at radius 2 is 1.93 bits per heavy atom. The van der Waals surface area contributed by atoms with Crippen LogP contribution in [0.15, 0.2) is 47.4 Å². The number of ether oxygens (including phenoxy) is 1. The van der Waals surface area contributed by atoms with E-state index in [2.05, 4.69) is 10.0 Å². The van der Waals surface area contributed by atoms with Crippen LogP contribution in [0.25, 0.3) is 0 Å². The zero-order valence-electron chi connectivity index (χ0n) is 15.9. The highest BCUT2D eigenvalue weighted by molar-refractivity contribution is 7.89. The minimum atomic E-state index is -3.84. The van der Waals surface area contributed by atoms with E-state index >= 15 is 0 Å². The highest BCUT2D eigenvalue weighted by Gasteiger charge is 2.36. The average Bonchev–Trinajstić information content (AvgIpc) is 2.73. The summed E-state index contributed by atoms with van der Waals surface area (Å²) in [5.41, 5.74) is 1.45. The van der Waals surface area contributed by atoms with Crippen molar-refractivity contribution in [2.45, 2.75) is 29.6 Å². The lowest BCUT2D eigenvalue weighted by Crippen LogP contribution is -2.44. The summed E-state index contributed by atoms with van der Waals surface area (Å²) in [4.78, 5) is 12.1. The standard InChI is InChI=1S/C21H23FN2O4S/c22-17-3-1-2-16(12-17)21(7-10-28-11-8-21)14-24-29(26,27)18-5-4-15-6-9-23-20(25)19(15)13-18/h1-5,12-13,24H,6-11,14H2,(H,23,25). The molecule has 1 saturated heterocycles. The third-order valence-corrected chi connectivity index (χ3v) is 7.20. The van der Waals surface area contributed by atoms with Gasteiger partial charge < -0.3 is 10.1 Å². The van der Waals surface area contributed by atoms with E-state index in [9.17, 15) is 17.6 Å². The Morgan fingerprint density at radius 3 is 2.69 bits per heavy atom. The number of hydrogen-bond donors (Lipinski definition) is 2. The van der Waals surface area contributed by atoms with Crippen LogP contribution in [0.5, 0.6) is 0 Å². The van der Waals surface area contributed by atoms with Gasteiger partial charge in [0.05, 0.1) is 4.90 Å². The fraction of sp³-hybridized carbons (Fsp3) is 0.381. The molecule has 2 aliphatic heterocycles. The van der Waals surface area contributed by atoms with Crippen molar-refractivity contribution in [2.75, 3.05) is 26.3 Å². The van der Waals surface area contributed by atoms with Crippen molar-refractivity contribution in [2.24, 2.45) is 0 Å². The molecule has 154 valence electrons. The number of sulfonamides is 1. The Labute approximate surface area is 169 Å². The van der Waals surface area contributed by atoms with Gasteiger partial charge in [-0.05, 0) is 54.7 Å². The molecule has 0 bridgehead atoms. The second kappa shape index (κ2) is 7.85. The summed E-state index contributed by atoms with van der Waals surface area (Å²) < 4.78 is 47.9. The molecule has 1 amide bonds. The van der Waals surface area contributed by atoms with Crippen LogP contribution in [0.2, 0.25) is 0 Å². The van der Waals surface area contributed by atoms with Crippen LogP contribution in [0.1, 0.15) is 34.3 Å². The maximum Gasteiger partial charge on any atom is 0.251 e. The van der Waals surface area contributed by atoms with Crippen LogP contribution in [-0.4, -0.2) is 40.6 Å². The maximum absolute atomic E-state index is 13.8. The Bertz CT molecular complexity index is 1030. The number of rotatable bonds is 5. The molecule has 0 atom stereocenters. The average molecular weight is 418 g/mol. The number of carbonyl (C=O) groups is 1. The molecule has 2 aromatic carbocycles. The fourth-order valence-electron chi connectivity index (χ4n) is 4.02. The molecule has 0 spiro atoms. The van der Waals surface area contributed by atoms with E-state index in [4.69, 9.17) is 4.74 Å². The summed E-state index contributed by atoms with van der Waals surface area (Å²) >= 11 is 0. The first-order valence-electron chi connectivity index (χ1n) is 9.64. The van der Waals surface area contributed by atoms with Gasteiger partial charge in [0.15, 0.2) is 0 Å². The van der Waals surface area contributed by atoms with Crippen molar-refractivity contribution in [1.29, 1.82) is 0 Å². The number of amides is 1. The Hall–Kier alpha value is -2.29. The number of hydrogen-bond acceptors (Lipinski definition) is 4. The van der Waals surface area contributed by atoms with Gasteiger partial charge in [0.1, 0.15) is 5.82 Å². The third-order valence-electron chi connectivity index (χ3n) is 5.80. The first-order valence-corrected chi connectivity index (χ1v) is 11.1. The van der Waals surface area contributed by atoms with E-state index in [1.54, 1.807) is 12.1 Å². The summed E-state index contributed by atoms with van der Waals surface area (Å²) in [6, 6.07) is 10.9. The molecule has 6 nitrogen and oxygen atoms in total. The van der Waals surface area contributed by atoms with Gasteiger partial charge in [0, 0.05) is 37.3 Å². The molecule has 0 aromatic heterocycles. The molecule has 2 heterocycles. The monoisotopic (exact) mass is 418 g/mol. The summed E-state index contributed by atoms with van der Waals surface area (Å²) in [5, 5.41) is 2.73. The number of carbonyl (C=O) groups excluding carboxylic acids is 1. The predicted molar refractivity (Wildman–Crippen MR) is 106 cm³/mol. The number of benzene rings is 2. The van der Waals surface area contributed by atoms with Gasteiger partial charge in [-0.3, -0.25) is 4.79 Å². The normalized spacial score (nSPS) is 18.7. The molecule has 2 aromatic rings. The summed E-state index contributed by atoms with van der Waals surface area (Å²) in [6.45, 7) is 1.65. The highest BCUT2D eigenvalue weighted by atomic mass is 32.2. The van der Waals surface area contributed by atoms with Crippen LogP contribution in [-0.2, 0) is 26.6 Å². The van der Waals surface area contributed by atoms with Crippen molar-refractivity contribution in [3.8, 4) is 0 Å². The molecule has 0 saturated carbocycles. The summed E-state index contributed by atoms with van der Waals surface area (Å²) in [5.74, 6) is -0.610. The first-order chi connectivity index (χ1) is 13.9. The third kappa shape index (κ3) is 4.05. The Morgan fingerprint density at radius 1 is 1.14 bits per heavy atom. The largest absolute Gasteiger partial charge is 0.381 e. The molecule has 0 unspecified atom stereocenters. The van der Waals surface area contributed by atoms with Crippen molar-refractivity contribution in [3.05, 3.63) is 65.0 Å². The van der Waals surface area contributed by atoms with Gasteiger partial charge >= 0.3 is 0 Å². The molecule has 29 heavy (non-hydrogen) atoms. The van der Waals surface area contributed by atoms with Crippen molar-refractivity contribution in [1.82, 2.24) is 10.0 Å². The van der Waals surface area contributed by atoms with E-state index in [0.29, 0.717) is 44.6 Å². The lowest BCUT2D eigenvalue weighted by molar-refractivity contribution is 0.0516. The van der Waals surface area contributed by atoms with Crippen LogP contribution in [0.4, 0.5) is 4.39 Å². The van der Waals surface area contributed by atoms with E-state index in [-0.39, 0.29) is 23.2 Å². The summed E-state index contributed by atoms with van der Waals surface area (Å²) in [6.07, 6.45) is 1.86. The van der Waals surface area contributed by atoms with E-state index in [0.717, 1.165) is 11.1 Å². The Balaban J connectivity index is 1.60. The van der Waals surface area contributed by atoms with Crippen LogP contribution < -0.4 is 10.0 Å². The SMILES string of the molecule is O=C1NCCc2ccc(S(=O)(=O)NCC3(c4cccc(F)c4)CCOCC3)cc21. The molecule has 2 aliphatic rings. The molecule has 8 heteroatoms. The van der Waals surface area contributed by atoms with Gasteiger partial charge in [0.25, 0.3) is 5.91 Å². The van der Waals surface area contributed by atoms with Crippen molar-refractivity contribution < 1.29 is 22.3 Å². The van der Waals surface area contributed by atoms with E-state index in [1.165, 1.54) is 24.3 Å². The fourth-order valence-corrected chi connectivity index (χ4v) is 5.18. The number of halogens is 1. The van der Waals surface area contributed by atoms with Gasteiger partial charge in [-0.2, -0.15) is 0 Å². The lowest BCUT2D eigenvalue weighted by Gasteiger charge is -2.38. The molecular weight excluding hydrogens is 395 g/mol. The predicted octanol–water partition coefficient (Wildman–Crippen LogP) is 2.14. The zero-order chi connectivity index (χ0) is 20.5. The number of fused-ring (bicyclic) bond motifs is 1. The Kier molecular flexibility index (Phi) is 5.42. The van der Waals surface area contributed by atoms with Crippen LogP contribution in [0, 0.1) is 5.82 Å². The van der Waals surface area contributed by atoms with Crippen molar-refractivity contribution in [3.63, 3.8) is 0 Å². The van der Waals surface area contributed by atoms with Crippen molar-refractivity contribution >= 4 is 15.9 Å². The molecule has 2 N–H and O–H groups in total. The second-order valence-corrected chi connectivity index (χ2v) is 9.32. The van der Waals surface area contributed by atoms with Gasteiger partial charge in [-0.1, -0.05) is 18.2 Å². The number of nitrogens with one attached hydrogen (secondary N) is 2. The topological polar surface area (TPSA) is 84.5 Å².